The van der Waals surface area contributed by atoms with Crippen molar-refractivity contribution in [2.24, 2.45) is 0 Å². The van der Waals surface area contributed by atoms with E-state index < -0.39 is 5.97 Å². The number of hydrogen-bond donors (Lipinski definition) is 2. The van der Waals surface area contributed by atoms with E-state index in [9.17, 15) is 9.59 Å². The number of fused-ring (bicyclic) bond motifs is 1. The second kappa shape index (κ2) is 7.21. The van der Waals surface area contributed by atoms with Crippen LogP contribution in [0.1, 0.15) is 12.6 Å². The molecule has 0 atom stereocenters. The fourth-order valence-corrected chi connectivity index (χ4v) is 3.40. The molecule has 26 heavy (non-hydrogen) atoms. The van der Waals surface area contributed by atoms with Gasteiger partial charge in [0, 0.05) is 35.4 Å². The first-order valence-corrected chi connectivity index (χ1v) is 8.58. The minimum Gasteiger partial charge on any atom is -0.466 e. The molecule has 138 valence electrons. The average molecular weight is 357 g/mol. The second-order valence-corrected chi connectivity index (χ2v) is 6.22. The second-order valence-electron chi connectivity index (χ2n) is 6.22. The summed E-state index contributed by atoms with van der Waals surface area (Å²) in [5.74, 6) is -0.864. The van der Waals surface area contributed by atoms with Gasteiger partial charge < -0.3 is 24.6 Å². The SMILES string of the molecule is CCn1c(C)cc2cc(NC3=C(C(=O)OC)CN(CCO)C3=O)ccc21. The molecule has 1 aliphatic rings. The maximum atomic E-state index is 12.6. The Balaban J connectivity index is 1.95. The summed E-state index contributed by atoms with van der Waals surface area (Å²) in [6.07, 6.45) is 0. The van der Waals surface area contributed by atoms with Crippen molar-refractivity contribution in [2.75, 3.05) is 32.1 Å². The third-order valence-electron chi connectivity index (χ3n) is 4.65. The highest BCUT2D eigenvalue weighted by Gasteiger charge is 2.34. The standard InChI is InChI=1S/C19H23N3O4/c1-4-22-12(2)9-13-10-14(5-6-16(13)22)20-17-15(19(25)26-3)11-21(7-8-23)18(17)24/h5-6,9-10,20,23H,4,7-8,11H2,1-3H3. The number of nitrogens with zero attached hydrogens (tertiary/aromatic N) is 2. The number of aliphatic hydroxyl groups is 1. The number of carbonyl (C=O) groups is 2. The number of carbonyl (C=O) groups excluding carboxylic acids is 2. The van der Waals surface area contributed by atoms with E-state index in [0.717, 1.165) is 23.1 Å². The Morgan fingerprint density at radius 3 is 2.77 bits per heavy atom. The molecular weight excluding hydrogens is 334 g/mol. The molecule has 2 aromatic rings. The zero-order valence-electron chi connectivity index (χ0n) is 15.2. The van der Waals surface area contributed by atoms with E-state index in [1.54, 1.807) is 0 Å². The van der Waals surface area contributed by atoms with Crippen LogP contribution in [0.15, 0.2) is 35.5 Å². The molecule has 0 spiro atoms. The quantitative estimate of drug-likeness (QED) is 0.768. The van der Waals surface area contributed by atoms with E-state index in [2.05, 4.69) is 29.8 Å². The monoisotopic (exact) mass is 357 g/mol. The maximum Gasteiger partial charge on any atom is 0.337 e. The van der Waals surface area contributed by atoms with E-state index >= 15 is 0 Å². The third-order valence-corrected chi connectivity index (χ3v) is 4.65. The first kappa shape index (κ1) is 18.0. The number of β-amino-alcohol motifs (C(OH)–C–C–N with tert-alkyl or cyclic N) is 1. The average Bonchev–Trinajstić information content (AvgIpc) is 3.11. The van der Waals surface area contributed by atoms with Gasteiger partial charge in [0.25, 0.3) is 5.91 Å². The van der Waals surface area contributed by atoms with Gasteiger partial charge in [-0.1, -0.05) is 0 Å². The number of rotatable bonds is 6. The van der Waals surface area contributed by atoms with Crippen molar-refractivity contribution in [3.8, 4) is 0 Å². The van der Waals surface area contributed by atoms with E-state index in [-0.39, 0.29) is 36.9 Å². The van der Waals surface area contributed by atoms with Crippen LogP contribution in [0, 0.1) is 6.92 Å². The van der Waals surface area contributed by atoms with Crippen LogP contribution >= 0.6 is 0 Å². The molecule has 7 nitrogen and oxygen atoms in total. The number of amides is 1. The minimum absolute atomic E-state index is 0.127. The van der Waals surface area contributed by atoms with Gasteiger partial charge in [-0.3, -0.25) is 4.79 Å². The molecule has 3 rings (SSSR count). The van der Waals surface area contributed by atoms with Gasteiger partial charge in [-0.2, -0.15) is 0 Å². The predicted molar refractivity (Wildman–Crippen MR) is 98.7 cm³/mol. The molecule has 0 fully saturated rings. The smallest absolute Gasteiger partial charge is 0.337 e. The molecule has 7 heteroatoms. The van der Waals surface area contributed by atoms with Gasteiger partial charge in [-0.25, -0.2) is 4.79 Å². The number of ether oxygens (including phenoxy) is 1. The Hall–Kier alpha value is -2.80. The first-order chi connectivity index (χ1) is 12.5. The third kappa shape index (κ3) is 3.06. The zero-order valence-corrected chi connectivity index (χ0v) is 15.2. The number of hydrogen-bond acceptors (Lipinski definition) is 5. The Morgan fingerprint density at radius 2 is 2.12 bits per heavy atom. The van der Waals surface area contributed by atoms with Crippen molar-refractivity contribution >= 4 is 28.5 Å². The first-order valence-electron chi connectivity index (χ1n) is 8.58. The molecule has 0 unspecified atom stereocenters. The minimum atomic E-state index is -0.546. The summed E-state index contributed by atoms with van der Waals surface area (Å²) < 4.78 is 7.01. The summed E-state index contributed by atoms with van der Waals surface area (Å²) in [4.78, 5) is 26.0. The summed E-state index contributed by atoms with van der Waals surface area (Å²) in [5, 5.41) is 13.3. The lowest BCUT2D eigenvalue weighted by atomic mass is 10.2. The highest BCUT2D eigenvalue weighted by molar-refractivity contribution is 6.08. The van der Waals surface area contributed by atoms with Gasteiger partial charge in [0.2, 0.25) is 0 Å². The molecule has 1 aromatic carbocycles. The summed E-state index contributed by atoms with van der Waals surface area (Å²) in [6.45, 7) is 5.17. The van der Waals surface area contributed by atoms with Gasteiger partial charge in [-0.05, 0) is 38.1 Å². The van der Waals surface area contributed by atoms with Crippen LogP contribution in [0.4, 0.5) is 5.69 Å². The highest BCUT2D eigenvalue weighted by Crippen LogP contribution is 2.27. The number of aliphatic hydroxyl groups excluding tert-OH is 1. The molecule has 0 saturated heterocycles. The number of methoxy groups -OCH3 is 1. The largest absolute Gasteiger partial charge is 0.466 e. The molecule has 0 aliphatic carbocycles. The molecule has 0 radical (unpaired) electrons. The van der Waals surface area contributed by atoms with Gasteiger partial charge >= 0.3 is 5.97 Å². The molecule has 1 aliphatic heterocycles. The number of nitrogens with one attached hydrogen (secondary N) is 1. The molecule has 1 aromatic heterocycles. The van der Waals surface area contributed by atoms with Crippen LogP contribution in [0.3, 0.4) is 0 Å². The van der Waals surface area contributed by atoms with Gasteiger partial charge in [0.15, 0.2) is 0 Å². The number of aryl methyl sites for hydroxylation is 2. The summed E-state index contributed by atoms with van der Waals surface area (Å²) in [7, 11) is 1.29. The van der Waals surface area contributed by atoms with Crippen LogP contribution in [-0.2, 0) is 20.9 Å². The Kier molecular flexibility index (Phi) is 4.99. The Labute approximate surface area is 151 Å². The van der Waals surface area contributed by atoms with E-state index in [1.165, 1.54) is 17.7 Å². The van der Waals surface area contributed by atoms with Crippen molar-refractivity contribution in [2.45, 2.75) is 20.4 Å². The van der Waals surface area contributed by atoms with Crippen molar-refractivity contribution in [1.82, 2.24) is 9.47 Å². The van der Waals surface area contributed by atoms with Crippen LogP contribution in [-0.4, -0.2) is 53.3 Å². The van der Waals surface area contributed by atoms with Gasteiger partial charge in [-0.15, -0.1) is 0 Å². The number of esters is 1. The van der Waals surface area contributed by atoms with E-state index in [4.69, 9.17) is 9.84 Å². The fraction of sp³-hybridized carbons (Fsp3) is 0.368. The Bertz CT molecular complexity index is 898. The molecular formula is C19H23N3O4. The van der Waals surface area contributed by atoms with Crippen LogP contribution < -0.4 is 5.32 Å². The molecule has 1 amide bonds. The van der Waals surface area contributed by atoms with Crippen LogP contribution in [0.2, 0.25) is 0 Å². The molecule has 0 bridgehead atoms. The summed E-state index contributed by atoms with van der Waals surface area (Å²) in [5.41, 5.74) is 3.49. The lowest BCUT2D eigenvalue weighted by Gasteiger charge is -2.15. The maximum absolute atomic E-state index is 12.6. The molecule has 2 heterocycles. The summed E-state index contributed by atoms with van der Waals surface area (Å²) in [6, 6.07) is 7.93. The van der Waals surface area contributed by atoms with Crippen molar-refractivity contribution < 1.29 is 19.4 Å². The number of aromatic nitrogens is 1. The number of anilines is 1. The zero-order chi connectivity index (χ0) is 18.8. The summed E-state index contributed by atoms with van der Waals surface area (Å²) >= 11 is 0. The number of benzene rings is 1. The van der Waals surface area contributed by atoms with Crippen molar-refractivity contribution in [1.29, 1.82) is 0 Å². The van der Waals surface area contributed by atoms with E-state index in [1.807, 2.05) is 18.2 Å². The van der Waals surface area contributed by atoms with Crippen molar-refractivity contribution in [3.05, 3.63) is 41.2 Å². The lowest BCUT2D eigenvalue weighted by molar-refractivity contribution is -0.136. The lowest BCUT2D eigenvalue weighted by Crippen LogP contribution is -2.31. The van der Waals surface area contributed by atoms with Crippen LogP contribution in [0.25, 0.3) is 10.9 Å². The molecule has 2 N–H and O–H groups in total. The van der Waals surface area contributed by atoms with Crippen LogP contribution in [0.5, 0.6) is 0 Å². The normalized spacial score (nSPS) is 14.5. The van der Waals surface area contributed by atoms with Gasteiger partial charge in [0.05, 0.1) is 25.8 Å². The van der Waals surface area contributed by atoms with Gasteiger partial charge in [0.1, 0.15) is 5.70 Å². The predicted octanol–water partition coefficient (Wildman–Crippen LogP) is 1.64. The highest BCUT2D eigenvalue weighted by atomic mass is 16.5. The fourth-order valence-electron chi connectivity index (χ4n) is 3.40. The molecule has 0 saturated carbocycles. The topological polar surface area (TPSA) is 83.8 Å². The van der Waals surface area contributed by atoms with E-state index in [0.29, 0.717) is 0 Å². The Morgan fingerprint density at radius 1 is 1.35 bits per heavy atom. The van der Waals surface area contributed by atoms with Crippen molar-refractivity contribution in [3.63, 3.8) is 0 Å².